The number of carbonyl (C=O) groups is 1. The number of hydrogen-bond donors (Lipinski definition) is 0. The molecular formula is C21H23NO3S. The van der Waals surface area contributed by atoms with E-state index in [0.29, 0.717) is 26.1 Å². The zero-order chi connectivity index (χ0) is 18.2. The van der Waals surface area contributed by atoms with Crippen molar-refractivity contribution >= 4 is 17.2 Å². The summed E-state index contributed by atoms with van der Waals surface area (Å²) in [5, 5.41) is 2.07. The highest BCUT2D eigenvalue weighted by Crippen LogP contribution is 2.16. The summed E-state index contributed by atoms with van der Waals surface area (Å²) in [7, 11) is 0. The molecule has 0 N–H and O–H groups in total. The summed E-state index contributed by atoms with van der Waals surface area (Å²) in [6.07, 6.45) is 4.59. The quantitative estimate of drug-likeness (QED) is 0.555. The molecule has 2 aromatic heterocycles. The van der Waals surface area contributed by atoms with Crippen LogP contribution in [-0.4, -0.2) is 24.0 Å². The average molecular weight is 369 g/mol. The minimum absolute atomic E-state index is 0.118. The lowest BCUT2D eigenvalue weighted by atomic mass is 10.1. The van der Waals surface area contributed by atoms with Crippen LogP contribution in [-0.2, 0) is 24.2 Å². The number of carbonyl (C=O) groups excluding carboxylic acids is 1. The highest BCUT2D eigenvalue weighted by Gasteiger charge is 2.15. The molecule has 4 nitrogen and oxygen atoms in total. The molecule has 1 amide bonds. The topological polar surface area (TPSA) is 42.7 Å². The highest BCUT2D eigenvalue weighted by atomic mass is 32.1. The van der Waals surface area contributed by atoms with E-state index in [-0.39, 0.29) is 5.91 Å². The van der Waals surface area contributed by atoms with E-state index in [0.717, 1.165) is 23.3 Å². The van der Waals surface area contributed by atoms with Crippen molar-refractivity contribution in [1.29, 1.82) is 0 Å². The molecule has 0 saturated heterocycles. The van der Waals surface area contributed by atoms with Crippen molar-refractivity contribution in [3.63, 3.8) is 0 Å². The zero-order valence-electron chi connectivity index (χ0n) is 14.9. The number of furan rings is 1. The van der Waals surface area contributed by atoms with E-state index >= 15 is 0 Å². The van der Waals surface area contributed by atoms with Gasteiger partial charge in [-0.15, -0.1) is 11.3 Å². The molecule has 0 fully saturated rings. The monoisotopic (exact) mass is 369 g/mol. The molecule has 1 aromatic carbocycles. The van der Waals surface area contributed by atoms with Crippen LogP contribution in [0.1, 0.15) is 22.9 Å². The Morgan fingerprint density at radius 3 is 2.65 bits per heavy atom. The van der Waals surface area contributed by atoms with Gasteiger partial charge in [-0.3, -0.25) is 4.79 Å². The van der Waals surface area contributed by atoms with Gasteiger partial charge in [-0.1, -0.05) is 18.2 Å². The second-order valence-corrected chi connectivity index (χ2v) is 7.06. The lowest BCUT2D eigenvalue weighted by Gasteiger charge is -2.22. The van der Waals surface area contributed by atoms with Gasteiger partial charge in [0.15, 0.2) is 0 Å². The summed E-state index contributed by atoms with van der Waals surface area (Å²) in [4.78, 5) is 16.1. The van der Waals surface area contributed by atoms with Gasteiger partial charge in [-0.05, 0) is 48.6 Å². The van der Waals surface area contributed by atoms with Gasteiger partial charge in [-0.25, -0.2) is 0 Å². The average Bonchev–Trinajstić information content (AvgIpc) is 3.34. The van der Waals surface area contributed by atoms with Crippen molar-refractivity contribution in [2.75, 3.05) is 13.2 Å². The van der Waals surface area contributed by atoms with Crippen molar-refractivity contribution in [1.82, 2.24) is 4.90 Å². The largest absolute Gasteiger partial charge is 0.494 e. The molecule has 0 aliphatic carbocycles. The zero-order valence-corrected chi connectivity index (χ0v) is 15.7. The first-order valence-corrected chi connectivity index (χ1v) is 9.65. The van der Waals surface area contributed by atoms with E-state index < -0.39 is 0 Å². The van der Waals surface area contributed by atoms with Crippen LogP contribution in [0.5, 0.6) is 5.75 Å². The maximum atomic E-state index is 12.9. The van der Waals surface area contributed by atoms with E-state index in [1.54, 1.807) is 23.9 Å². The van der Waals surface area contributed by atoms with Crippen LogP contribution in [0.25, 0.3) is 0 Å². The molecule has 136 valence electrons. The van der Waals surface area contributed by atoms with Gasteiger partial charge >= 0.3 is 0 Å². The maximum absolute atomic E-state index is 12.9. The number of ether oxygens (including phenoxy) is 1. The van der Waals surface area contributed by atoms with Gasteiger partial charge < -0.3 is 14.1 Å². The van der Waals surface area contributed by atoms with Crippen LogP contribution in [0.3, 0.4) is 0 Å². The summed E-state index contributed by atoms with van der Waals surface area (Å²) < 4.78 is 10.6. The van der Waals surface area contributed by atoms with Crippen molar-refractivity contribution in [2.24, 2.45) is 0 Å². The SMILES string of the molecule is CCOc1ccc(CC(=O)N(CCc2cccs2)Cc2ccoc2)cc1. The fourth-order valence-electron chi connectivity index (χ4n) is 2.75. The van der Waals surface area contributed by atoms with Crippen LogP contribution in [0.2, 0.25) is 0 Å². The Hall–Kier alpha value is -2.53. The lowest BCUT2D eigenvalue weighted by Crippen LogP contribution is -2.33. The third kappa shape index (κ3) is 5.23. The van der Waals surface area contributed by atoms with E-state index in [1.165, 1.54) is 4.88 Å². The van der Waals surface area contributed by atoms with E-state index in [2.05, 4.69) is 11.4 Å². The molecule has 0 radical (unpaired) electrons. The minimum Gasteiger partial charge on any atom is -0.494 e. The molecule has 3 aromatic rings. The summed E-state index contributed by atoms with van der Waals surface area (Å²) in [6, 6.07) is 13.8. The number of hydrogen-bond acceptors (Lipinski definition) is 4. The number of benzene rings is 1. The fraction of sp³-hybridized carbons (Fsp3) is 0.286. The molecule has 0 saturated carbocycles. The van der Waals surface area contributed by atoms with Crippen LogP contribution in [0.4, 0.5) is 0 Å². The van der Waals surface area contributed by atoms with E-state index in [1.807, 2.05) is 48.2 Å². The Morgan fingerprint density at radius 1 is 1.15 bits per heavy atom. The van der Waals surface area contributed by atoms with Gasteiger partial charge in [0.25, 0.3) is 0 Å². The second kappa shape index (κ2) is 9.25. The van der Waals surface area contributed by atoms with Gasteiger partial charge in [0.05, 0.1) is 25.6 Å². The number of rotatable bonds is 9. The summed E-state index contributed by atoms with van der Waals surface area (Å²) in [5.41, 5.74) is 2.00. The van der Waals surface area contributed by atoms with Crippen LogP contribution in [0, 0.1) is 0 Å². The molecule has 0 aliphatic heterocycles. The molecule has 0 unspecified atom stereocenters. The standard InChI is InChI=1S/C21H23NO3S/c1-2-25-19-7-5-17(6-8-19)14-21(23)22(15-18-10-12-24-16-18)11-9-20-4-3-13-26-20/h3-8,10,12-13,16H,2,9,11,14-15H2,1H3. The first-order chi connectivity index (χ1) is 12.7. The molecule has 0 atom stereocenters. The van der Waals surface area contributed by atoms with Crippen molar-refractivity contribution in [3.05, 3.63) is 76.4 Å². The van der Waals surface area contributed by atoms with Gasteiger partial charge in [-0.2, -0.15) is 0 Å². The first-order valence-electron chi connectivity index (χ1n) is 8.77. The van der Waals surface area contributed by atoms with Gasteiger partial charge in [0.1, 0.15) is 5.75 Å². The maximum Gasteiger partial charge on any atom is 0.227 e. The third-order valence-electron chi connectivity index (χ3n) is 4.10. The van der Waals surface area contributed by atoms with Crippen molar-refractivity contribution in [3.8, 4) is 5.75 Å². The summed E-state index contributed by atoms with van der Waals surface area (Å²) in [5.74, 6) is 0.948. The highest BCUT2D eigenvalue weighted by molar-refractivity contribution is 7.09. The van der Waals surface area contributed by atoms with Crippen LogP contribution in [0.15, 0.2) is 64.8 Å². The molecule has 5 heteroatoms. The Balaban J connectivity index is 1.64. The first kappa shape index (κ1) is 18.3. The van der Waals surface area contributed by atoms with E-state index in [9.17, 15) is 4.79 Å². The normalized spacial score (nSPS) is 10.7. The molecule has 26 heavy (non-hydrogen) atoms. The van der Waals surface area contributed by atoms with Crippen molar-refractivity contribution < 1.29 is 13.9 Å². The fourth-order valence-corrected chi connectivity index (χ4v) is 3.45. The second-order valence-electron chi connectivity index (χ2n) is 6.03. The Bertz CT molecular complexity index is 779. The Morgan fingerprint density at radius 2 is 2.00 bits per heavy atom. The van der Waals surface area contributed by atoms with E-state index in [4.69, 9.17) is 9.15 Å². The molecule has 0 bridgehead atoms. The summed E-state index contributed by atoms with van der Waals surface area (Å²) in [6.45, 7) is 3.86. The van der Waals surface area contributed by atoms with Crippen molar-refractivity contribution in [2.45, 2.75) is 26.3 Å². The summed E-state index contributed by atoms with van der Waals surface area (Å²) >= 11 is 1.72. The number of thiophene rings is 1. The third-order valence-corrected chi connectivity index (χ3v) is 5.04. The molecular weight excluding hydrogens is 346 g/mol. The minimum atomic E-state index is 0.118. The predicted molar refractivity (Wildman–Crippen MR) is 103 cm³/mol. The molecule has 2 heterocycles. The molecule has 0 aliphatic rings. The lowest BCUT2D eigenvalue weighted by molar-refractivity contribution is -0.131. The number of amides is 1. The smallest absolute Gasteiger partial charge is 0.227 e. The Labute approximate surface area is 158 Å². The number of nitrogens with zero attached hydrogens (tertiary/aromatic N) is 1. The van der Waals surface area contributed by atoms with Gasteiger partial charge in [0.2, 0.25) is 5.91 Å². The Kier molecular flexibility index (Phi) is 6.50. The van der Waals surface area contributed by atoms with Crippen LogP contribution >= 0.6 is 11.3 Å². The van der Waals surface area contributed by atoms with Crippen LogP contribution < -0.4 is 4.74 Å². The van der Waals surface area contributed by atoms with Gasteiger partial charge in [0, 0.05) is 23.5 Å². The molecule has 3 rings (SSSR count). The molecule has 0 spiro atoms. The predicted octanol–water partition coefficient (Wildman–Crippen LogP) is 4.55.